The molecule has 1 fully saturated rings. The maximum Gasteiger partial charge on any atom is 0.161 e. The molecule has 0 aliphatic carbocycles. The van der Waals surface area contributed by atoms with E-state index in [0.29, 0.717) is 11.3 Å². The van der Waals surface area contributed by atoms with E-state index in [0.717, 1.165) is 13.1 Å². The van der Waals surface area contributed by atoms with Gasteiger partial charge in [0, 0.05) is 0 Å². The molecule has 0 saturated carbocycles. The highest BCUT2D eigenvalue weighted by atomic mass is 16.7. The molecule has 0 bridgehead atoms. The maximum atomic E-state index is 9.09. The molecule has 1 N–H and O–H groups in total. The summed E-state index contributed by atoms with van der Waals surface area (Å²) in [4.78, 5) is 5.59. The molecule has 84 valence electrons. The number of aliphatic hydroxyl groups excluding tert-OH is 1. The Hall–Kier alpha value is -0.160. The van der Waals surface area contributed by atoms with Crippen molar-refractivity contribution in [1.82, 2.24) is 0 Å². The van der Waals surface area contributed by atoms with Crippen LogP contribution in [0.2, 0.25) is 0 Å². The highest BCUT2D eigenvalue weighted by molar-refractivity contribution is 4.64. The fraction of sp³-hybridized carbons (Fsp3) is 1.00. The summed E-state index contributed by atoms with van der Waals surface area (Å²) >= 11 is 0. The van der Waals surface area contributed by atoms with Crippen LogP contribution < -0.4 is 0 Å². The number of rotatable bonds is 5. The minimum absolute atomic E-state index is 0.0112. The van der Waals surface area contributed by atoms with Gasteiger partial charge in [-0.1, -0.05) is 0 Å². The number of ether oxygens (including phenoxy) is 1. The molecule has 4 nitrogen and oxygen atoms in total. The molecule has 1 unspecified atom stereocenters. The molecule has 1 aliphatic rings. The third-order valence-electron chi connectivity index (χ3n) is 2.15. The zero-order chi connectivity index (χ0) is 10.8. The first-order valence-electron chi connectivity index (χ1n) is 5.12. The van der Waals surface area contributed by atoms with Crippen molar-refractivity contribution in [3.63, 3.8) is 0 Å². The summed E-state index contributed by atoms with van der Waals surface area (Å²) in [7, 11) is 2.03. The van der Waals surface area contributed by atoms with E-state index in [1.807, 2.05) is 27.8 Å². The van der Waals surface area contributed by atoms with E-state index < -0.39 is 0 Å². The minimum Gasteiger partial charge on any atom is -0.394 e. The molecule has 4 heteroatoms. The van der Waals surface area contributed by atoms with Gasteiger partial charge in [0.05, 0.1) is 19.3 Å². The van der Waals surface area contributed by atoms with Crippen molar-refractivity contribution in [1.29, 1.82) is 0 Å². The summed E-state index contributed by atoms with van der Waals surface area (Å²) in [6.45, 7) is 8.53. The first kappa shape index (κ1) is 11.9. The van der Waals surface area contributed by atoms with Gasteiger partial charge in [0.2, 0.25) is 0 Å². The first-order valence-corrected chi connectivity index (χ1v) is 5.12. The van der Waals surface area contributed by atoms with E-state index in [1.54, 1.807) is 0 Å². The number of quaternary nitrogens is 1. The van der Waals surface area contributed by atoms with E-state index in [4.69, 9.17) is 14.7 Å². The fourth-order valence-corrected chi connectivity index (χ4v) is 1.16. The van der Waals surface area contributed by atoms with E-state index >= 15 is 0 Å². The van der Waals surface area contributed by atoms with Crippen LogP contribution in [0.3, 0.4) is 0 Å². The van der Waals surface area contributed by atoms with Crippen LogP contribution in [0.15, 0.2) is 0 Å². The van der Waals surface area contributed by atoms with Crippen LogP contribution in [-0.2, 0) is 9.57 Å². The quantitative estimate of drug-likeness (QED) is 0.525. The number of aliphatic hydroxyl groups is 1. The summed E-state index contributed by atoms with van der Waals surface area (Å²) in [6, 6.07) is 0. The normalized spacial score (nSPS) is 22.1. The lowest BCUT2D eigenvalue weighted by Crippen LogP contribution is -2.36. The van der Waals surface area contributed by atoms with Crippen molar-refractivity contribution in [2.75, 3.05) is 33.4 Å². The van der Waals surface area contributed by atoms with E-state index in [-0.39, 0.29) is 18.3 Å². The number of hydrogen-bond donors (Lipinski definition) is 1. The summed E-state index contributed by atoms with van der Waals surface area (Å²) in [6.07, 6.45) is -0.217. The van der Waals surface area contributed by atoms with Gasteiger partial charge in [-0.25, -0.2) is 0 Å². The second-order valence-corrected chi connectivity index (χ2v) is 5.07. The Bertz CT molecular complexity index is 184. The van der Waals surface area contributed by atoms with Gasteiger partial charge >= 0.3 is 0 Å². The summed E-state index contributed by atoms with van der Waals surface area (Å²) in [5, 5.41) is 9.09. The first-order chi connectivity index (χ1) is 6.35. The van der Waals surface area contributed by atoms with Crippen molar-refractivity contribution in [3.05, 3.63) is 0 Å². The molecule has 0 spiro atoms. The largest absolute Gasteiger partial charge is 0.394 e. The second-order valence-electron chi connectivity index (χ2n) is 5.07. The molecule has 1 atom stereocenters. The van der Waals surface area contributed by atoms with Gasteiger partial charge in [-0.3, -0.25) is 0 Å². The standard InChI is InChI=1S/C10H22NO3/c1-10(2,3)14-9(7-12)8-13-11(4)5-6-11/h9,12H,5-8H2,1-4H3/q+1. The lowest BCUT2D eigenvalue weighted by molar-refractivity contribution is -0.989. The van der Waals surface area contributed by atoms with Crippen molar-refractivity contribution < 1.29 is 19.3 Å². The summed E-state index contributed by atoms with van der Waals surface area (Å²) in [5.74, 6) is 0. The molecule has 1 rings (SSSR count). The summed E-state index contributed by atoms with van der Waals surface area (Å²) < 4.78 is 6.28. The highest BCUT2D eigenvalue weighted by Crippen LogP contribution is 2.19. The zero-order valence-electron chi connectivity index (χ0n) is 9.62. The number of hydroxylamine groups is 3. The molecular formula is C10H22NO3+. The van der Waals surface area contributed by atoms with Gasteiger partial charge in [-0.15, -0.1) is 0 Å². The van der Waals surface area contributed by atoms with Gasteiger partial charge in [0.15, 0.2) is 13.1 Å². The van der Waals surface area contributed by atoms with Crippen LogP contribution in [0.4, 0.5) is 0 Å². The molecular weight excluding hydrogens is 182 g/mol. The Morgan fingerprint density at radius 3 is 2.29 bits per heavy atom. The number of hydrogen-bond acceptors (Lipinski definition) is 3. The Morgan fingerprint density at radius 2 is 1.93 bits per heavy atom. The van der Waals surface area contributed by atoms with E-state index in [1.165, 1.54) is 0 Å². The van der Waals surface area contributed by atoms with Crippen molar-refractivity contribution in [2.24, 2.45) is 0 Å². The Balaban J connectivity index is 2.24. The smallest absolute Gasteiger partial charge is 0.161 e. The summed E-state index contributed by atoms with van der Waals surface area (Å²) in [5.41, 5.74) is -0.228. The van der Waals surface area contributed by atoms with Crippen LogP contribution in [-0.4, -0.2) is 54.8 Å². The second kappa shape index (κ2) is 4.14. The van der Waals surface area contributed by atoms with E-state index in [9.17, 15) is 0 Å². The molecule has 0 radical (unpaired) electrons. The minimum atomic E-state index is -0.228. The Kier molecular flexibility index (Phi) is 3.53. The topological polar surface area (TPSA) is 38.7 Å². The van der Waals surface area contributed by atoms with Crippen LogP contribution in [0.1, 0.15) is 20.8 Å². The zero-order valence-corrected chi connectivity index (χ0v) is 9.62. The van der Waals surface area contributed by atoms with Gasteiger partial charge in [0.1, 0.15) is 12.7 Å². The molecule has 14 heavy (non-hydrogen) atoms. The van der Waals surface area contributed by atoms with Crippen LogP contribution in [0, 0.1) is 0 Å². The molecule has 0 aromatic heterocycles. The van der Waals surface area contributed by atoms with Gasteiger partial charge in [0.25, 0.3) is 0 Å². The van der Waals surface area contributed by atoms with Crippen molar-refractivity contribution in [3.8, 4) is 0 Å². The lowest BCUT2D eigenvalue weighted by atomic mass is 10.2. The molecule has 1 heterocycles. The average Bonchev–Trinajstić information content (AvgIpc) is 2.76. The SMILES string of the molecule is CC(C)(C)OC(CO)CO[N+]1(C)CC1. The highest BCUT2D eigenvalue weighted by Gasteiger charge is 2.40. The lowest BCUT2D eigenvalue weighted by Gasteiger charge is -2.26. The molecule has 1 saturated heterocycles. The predicted octanol–water partition coefficient (Wildman–Crippen LogP) is 0.554. The van der Waals surface area contributed by atoms with E-state index in [2.05, 4.69) is 0 Å². The number of likely N-dealkylation sites (N-methyl/N-ethyl adjacent to an activating group) is 1. The predicted molar refractivity (Wildman–Crippen MR) is 53.6 cm³/mol. The Morgan fingerprint density at radius 1 is 1.36 bits per heavy atom. The number of nitrogens with zero attached hydrogens (tertiary/aromatic N) is 1. The monoisotopic (exact) mass is 204 g/mol. The van der Waals surface area contributed by atoms with Crippen molar-refractivity contribution >= 4 is 0 Å². The fourth-order valence-electron chi connectivity index (χ4n) is 1.16. The third kappa shape index (κ3) is 4.37. The van der Waals surface area contributed by atoms with Gasteiger partial charge in [-0.05, 0) is 20.8 Å². The molecule has 0 amide bonds. The molecule has 0 aromatic rings. The van der Waals surface area contributed by atoms with Crippen LogP contribution >= 0.6 is 0 Å². The maximum absolute atomic E-state index is 9.09. The molecule has 1 aliphatic heterocycles. The van der Waals surface area contributed by atoms with Crippen LogP contribution in [0.25, 0.3) is 0 Å². The average molecular weight is 204 g/mol. The van der Waals surface area contributed by atoms with Gasteiger partial charge < -0.3 is 9.84 Å². The van der Waals surface area contributed by atoms with Crippen molar-refractivity contribution in [2.45, 2.75) is 32.5 Å². The Labute approximate surface area is 86.0 Å². The molecule has 0 aromatic carbocycles. The third-order valence-corrected chi connectivity index (χ3v) is 2.15. The van der Waals surface area contributed by atoms with Crippen LogP contribution in [0.5, 0.6) is 0 Å². The van der Waals surface area contributed by atoms with Gasteiger partial charge in [-0.2, -0.15) is 9.48 Å².